The molecule has 0 fully saturated rings. The topological polar surface area (TPSA) is 70.7 Å². The first kappa shape index (κ1) is 10.4. The highest BCUT2D eigenvalue weighted by atomic mass is 32.1. The second kappa shape index (κ2) is 4.63. The highest BCUT2D eigenvalue weighted by Gasteiger charge is 2.10. The normalized spacial score (nSPS) is 9.75. The number of thiocarbonyl (C=S) groups is 1. The number of aromatic amines is 1. The largest absolute Gasteiger partial charge is 0.310 e. The number of carbonyl (C=O) groups is 1. The van der Waals surface area contributed by atoms with Crippen molar-refractivity contribution in [1.29, 1.82) is 0 Å². The molecule has 0 bridgehead atoms. The summed E-state index contributed by atoms with van der Waals surface area (Å²) in [5.74, 6) is 0.112. The van der Waals surface area contributed by atoms with Crippen LogP contribution >= 0.6 is 12.2 Å². The van der Waals surface area contributed by atoms with Crippen molar-refractivity contribution < 1.29 is 4.79 Å². The first-order chi connectivity index (χ1) is 7.77. The number of amides is 1. The first-order valence-electron chi connectivity index (χ1n) is 4.53. The third-order valence-corrected chi connectivity index (χ3v) is 2.19. The summed E-state index contributed by atoms with van der Waals surface area (Å²) in [6.45, 7) is 0. The van der Waals surface area contributed by atoms with E-state index in [1.807, 2.05) is 6.07 Å². The van der Waals surface area contributed by atoms with Crippen LogP contribution in [0.15, 0.2) is 36.7 Å². The van der Waals surface area contributed by atoms with Gasteiger partial charge in [0, 0.05) is 5.56 Å². The maximum Gasteiger partial charge on any atom is 0.256 e. The molecule has 2 N–H and O–H groups in total. The van der Waals surface area contributed by atoms with Crippen LogP contribution in [0.2, 0.25) is 0 Å². The van der Waals surface area contributed by atoms with Crippen LogP contribution in [0.4, 0.5) is 0 Å². The molecule has 0 aliphatic carbocycles. The smallest absolute Gasteiger partial charge is 0.256 e. The van der Waals surface area contributed by atoms with Crippen LogP contribution in [0.3, 0.4) is 0 Å². The van der Waals surface area contributed by atoms with Crippen LogP contribution in [0, 0.1) is 0 Å². The Morgan fingerprint density at radius 3 is 2.69 bits per heavy atom. The van der Waals surface area contributed by atoms with Gasteiger partial charge in [0.15, 0.2) is 10.8 Å². The Balaban J connectivity index is 2.06. The molecule has 0 spiro atoms. The first-order valence-corrected chi connectivity index (χ1v) is 4.94. The molecule has 5 nitrogen and oxygen atoms in total. The Labute approximate surface area is 96.9 Å². The number of nitrogens with one attached hydrogen (secondary N) is 2. The van der Waals surface area contributed by atoms with Crippen molar-refractivity contribution in [2.45, 2.75) is 0 Å². The maximum absolute atomic E-state index is 11.7. The zero-order chi connectivity index (χ0) is 11.4. The van der Waals surface area contributed by atoms with Crippen molar-refractivity contribution >= 4 is 23.1 Å². The Morgan fingerprint density at radius 2 is 2.06 bits per heavy atom. The van der Waals surface area contributed by atoms with Gasteiger partial charge in [0.1, 0.15) is 6.33 Å². The van der Waals surface area contributed by atoms with Gasteiger partial charge in [-0.3, -0.25) is 9.89 Å². The molecular weight excluding hydrogens is 224 g/mol. The summed E-state index contributed by atoms with van der Waals surface area (Å²) in [6, 6.07) is 8.82. The van der Waals surface area contributed by atoms with Gasteiger partial charge in [-0.1, -0.05) is 30.4 Å². The summed E-state index contributed by atoms with van der Waals surface area (Å²) in [4.78, 5) is 15.8. The number of benzene rings is 1. The minimum Gasteiger partial charge on any atom is -0.310 e. The summed E-state index contributed by atoms with van der Waals surface area (Å²) < 4.78 is 0. The van der Waals surface area contributed by atoms with Crippen LogP contribution in [0.1, 0.15) is 16.2 Å². The number of hydrogen-bond donors (Lipinski definition) is 2. The highest BCUT2D eigenvalue weighted by molar-refractivity contribution is 7.80. The second-order valence-corrected chi connectivity index (χ2v) is 3.39. The lowest BCUT2D eigenvalue weighted by atomic mass is 10.2. The number of hydrogen-bond acceptors (Lipinski definition) is 4. The van der Waals surface area contributed by atoms with Crippen LogP contribution in [-0.4, -0.2) is 26.1 Å². The molecule has 0 radical (unpaired) electrons. The van der Waals surface area contributed by atoms with Gasteiger partial charge in [-0.2, -0.15) is 5.10 Å². The molecule has 2 rings (SSSR count). The van der Waals surface area contributed by atoms with Gasteiger partial charge in [0.05, 0.1) is 0 Å². The molecule has 0 unspecified atom stereocenters. The Kier molecular flexibility index (Phi) is 3.02. The minimum absolute atomic E-state index is 0.228. The molecule has 1 heterocycles. The molecule has 0 saturated carbocycles. The SMILES string of the molecule is O=C(NC(=S)c1ncn[nH]1)c1ccccc1. The lowest BCUT2D eigenvalue weighted by Crippen LogP contribution is -2.30. The summed E-state index contributed by atoms with van der Waals surface area (Å²) in [5.41, 5.74) is 0.546. The van der Waals surface area contributed by atoms with Crippen molar-refractivity contribution in [3.63, 3.8) is 0 Å². The van der Waals surface area contributed by atoms with Gasteiger partial charge in [0.25, 0.3) is 5.91 Å². The summed E-state index contributed by atoms with van der Waals surface area (Å²) in [5, 5.41) is 8.78. The number of nitrogens with zero attached hydrogens (tertiary/aromatic N) is 2. The maximum atomic E-state index is 11.7. The fourth-order valence-corrected chi connectivity index (χ4v) is 1.33. The van der Waals surface area contributed by atoms with Crippen LogP contribution in [-0.2, 0) is 0 Å². The fourth-order valence-electron chi connectivity index (χ4n) is 1.14. The Morgan fingerprint density at radius 1 is 1.31 bits per heavy atom. The van der Waals surface area contributed by atoms with E-state index in [2.05, 4.69) is 20.5 Å². The highest BCUT2D eigenvalue weighted by Crippen LogP contribution is 1.98. The molecule has 0 aliphatic heterocycles. The van der Waals surface area contributed by atoms with Gasteiger partial charge in [-0.05, 0) is 12.1 Å². The average molecular weight is 232 g/mol. The molecule has 0 atom stereocenters. The third-order valence-electron chi connectivity index (χ3n) is 1.89. The van der Waals surface area contributed by atoms with Crippen LogP contribution in [0.25, 0.3) is 0 Å². The van der Waals surface area contributed by atoms with Gasteiger partial charge in [-0.25, -0.2) is 4.98 Å². The van der Waals surface area contributed by atoms with Crippen molar-refractivity contribution in [1.82, 2.24) is 20.5 Å². The molecule has 0 saturated heterocycles. The van der Waals surface area contributed by atoms with E-state index in [-0.39, 0.29) is 10.9 Å². The van der Waals surface area contributed by atoms with E-state index in [1.54, 1.807) is 24.3 Å². The number of carbonyl (C=O) groups excluding carboxylic acids is 1. The molecule has 1 aromatic heterocycles. The lowest BCUT2D eigenvalue weighted by molar-refractivity contribution is 0.0977. The summed E-state index contributed by atoms with van der Waals surface area (Å²) in [7, 11) is 0. The van der Waals surface area contributed by atoms with E-state index >= 15 is 0 Å². The number of H-pyrrole nitrogens is 1. The van der Waals surface area contributed by atoms with Crippen molar-refractivity contribution in [3.05, 3.63) is 48.0 Å². The van der Waals surface area contributed by atoms with E-state index < -0.39 is 0 Å². The second-order valence-electron chi connectivity index (χ2n) is 2.98. The van der Waals surface area contributed by atoms with Crippen LogP contribution in [0.5, 0.6) is 0 Å². The van der Waals surface area contributed by atoms with Gasteiger partial charge in [0.2, 0.25) is 0 Å². The van der Waals surface area contributed by atoms with Crippen molar-refractivity contribution in [3.8, 4) is 0 Å². The quantitative estimate of drug-likeness (QED) is 0.755. The number of aromatic nitrogens is 3. The molecular formula is C10H8N4OS. The van der Waals surface area contributed by atoms with Crippen molar-refractivity contribution in [2.75, 3.05) is 0 Å². The van der Waals surface area contributed by atoms with E-state index in [0.717, 1.165) is 0 Å². The zero-order valence-corrected chi connectivity index (χ0v) is 8.99. The molecule has 80 valence electrons. The minimum atomic E-state index is -0.262. The Bertz CT molecular complexity index is 495. The Hall–Kier alpha value is -2.08. The monoisotopic (exact) mass is 232 g/mol. The lowest BCUT2D eigenvalue weighted by Gasteiger charge is -2.03. The summed E-state index contributed by atoms with van der Waals surface area (Å²) >= 11 is 4.98. The predicted molar refractivity (Wildman–Crippen MR) is 62.0 cm³/mol. The third kappa shape index (κ3) is 2.29. The van der Waals surface area contributed by atoms with Gasteiger partial charge in [-0.15, -0.1) is 0 Å². The fraction of sp³-hybridized carbons (Fsp3) is 0. The molecule has 1 amide bonds. The zero-order valence-electron chi connectivity index (χ0n) is 8.18. The summed E-state index contributed by atoms with van der Waals surface area (Å²) in [6.07, 6.45) is 1.33. The van der Waals surface area contributed by atoms with Gasteiger partial charge < -0.3 is 5.32 Å². The van der Waals surface area contributed by atoms with Gasteiger partial charge >= 0.3 is 0 Å². The van der Waals surface area contributed by atoms with E-state index in [0.29, 0.717) is 11.4 Å². The van der Waals surface area contributed by atoms with E-state index in [4.69, 9.17) is 12.2 Å². The molecule has 6 heteroatoms. The van der Waals surface area contributed by atoms with E-state index in [1.165, 1.54) is 6.33 Å². The van der Waals surface area contributed by atoms with E-state index in [9.17, 15) is 4.79 Å². The predicted octanol–water partition coefficient (Wildman–Crippen LogP) is 0.910. The molecule has 2 aromatic rings. The van der Waals surface area contributed by atoms with Crippen LogP contribution < -0.4 is 5.32 Å². The molecule has 16 heavy (non-hydrogen) atoms. The average Bonchev–Trinajstić information content (AvgIpc) is 2.83. The molecule has 1 aromatic carbocycles. The number of rotatable bonds is 2. The standard InChI is InChI=1S/C10H8N4OS/c15-9(7-4-2-1-3-5-7)13-10(16)8-11-6-12-14-8/h1-6H,(H,11,12,14)(H,13,15,16). The molecule has 0 aliphatic rings. The van der Waals surface area contributed by atoms with Crippen molar-refractivity contribution in [2.24, 2.45) is 0 Å².